The molecule has 1 aliphatic rings. The van der Waals surface area contributed by atoms with E-state index in [0.29, 0.717) is 12.5 Å². The van der Waals surface area contributed by atoms with Gasteiger partial charge in [-0.05, 0) is 50.4 Å². The fourth-order valence-corrected chi connectivity index (χ4v) is 2.67. The third-order valence-electron chi connectivity index (χ3n) is 3.92. The Kier molecular flexibility index (Phi) is 6.11. The van der Waals surface area contributed by atoms with Crippen LogP contribution in [0.2, 0.25) is 0 Å². The summed E-state index contributed by atoms with van der Waals surface area (Å²) in [5, 5.41) is 5.88. The van der Waals surface area contributed by atoms with Crippen LogP contribution in [0.25, 0.3) is 0 Å². The molecule has 21 heavy (non-hydrogen) atoms. The number of amides is 2. The van der Waals surface area contributed by atoms with Crippen LogP contribution in [-0.4, -0.2) is 37.1 Å². The zero-order valence-corrected chi connectivity index (χ0v) is 13.1. The van der Waals surface area contributed by atoms with Gasteiger partial charge < -0.3 is 15.1 Å². The van der Waals surface area contributed by atoms with Gasteiger partial charge in [-0.3, -0.25) is 4.90 Å². The number of carbonyl (C=O) groups is 1. The summed E-state index contributed by atoms with van der Waals surface area (Å²) in [6, 6.07) is 3.94. The van der Waals surface area contributed by atoms with E-state index in [2.05, 4.69) is 29.4 Å². The molecule has 1 aromatic heterocycles. The lowest BCUT2D eigenvalue weighted by molar-refractivity contribution is 0.203. The smallest absolute Gasteiger partial charge is 0.314 e. The highest BCUT2D eigenvalue weighted by atomic mass is 16.3. The average molecular weight is 293 g/mol. The maximum Gasteiger partial charge on any atom is 0.314 e. The molecule has 0 aliphatic carbocycles. The van der Waals surface area contributed by atoms with Crippen LogP contribution < -0.4 is 10.6 Å². The summed E-state index contributed by atoms with van der Waals surface area (Å²) in [7, 11) is 0. The van der Waals surface area contributed by atoms with Gasteiger partial charge in [0.25, 0.3) is 0 Å². The van der Waals surface area contributed by atoms with Gasteiger partial charge in [0.05, 0.1) is 12.3 Å². The van der Waals surface area contributed by atoms with Crippen molar-refractivity contribution in [3.05, 3.63) is 24.2 Å². The molecule has 0 radical (unpaired) electrons. The molecule has 2 N–H and O–H groups in total. The van der Waals surface area contributed by atoms with E-state index in [0.717, 1.165) is 31.8 Å². The van der Waals surface area contributed by atoms with Gasteiger partial charge in [-0.2, -0.15) is 0 Å². The number of hydrogen-bond acceptors (Lipinski definition) is 3. The Balaban J connectivity index is 1.80. The molecule has 1 atom stereocenters. The molecule has 0 saturated carbocycles. The van der Waals surface area contributed by atoms with E-state index in [1.807, 2.05) is 12.1 Å². The first-order chi connectivity index (χ1) is 10.2. The lowest BCUT2D eigenvalue weighted by Gasteiger charge is -2.26. The Hall–Kier alpha value is -1.49. The fraction of sp³-hybridized carbons (Fsp3) is 0.688. The van der Waals surface area contributed by atoms with E-state index >= 15 is 0 Å². The summed E-state index contributed by atoms with van der Waals surface area (Å²) < 4.78 is 5.54. The Morgan fingerprint density at radius 1 is 1.33 bits per heavy atom. The summed E-state index contributed by atoms with van der Waals surface area (Å²) in [6.07, 6.45) is 5.14. The van der Waals surface area contributed by atoms with Crippen molar-refractivity contribution >= 4 is 6.03 Å². The highest BCUT2D eigenvalue weighted by Gasteiger charge is 2.25. The zero-order chi connectivity index (χ0) is 15.1. The second-order valence-electron chi connectivity index (χ2n) is 6.09. The quantitative estimate of drug-likeness (QED) is 0.812. The lowest BCUT2D eigenvalue weighted by Crippen LogP contribution is -2.41. The van der Waals surface area contributed by atoms with Crippen LogP contribution in [0.15, 0.2) is 22.8 Å². The Labute approximate surface area is 127 Å². The Bertz CT molecular complexity index is 411. The first-order valence-corrected chi connectivity index (χ1v) is 7.96. The van der Waals surface area contributed by atoms with Crippen molar-refractivity contribution in [2.24, 2.45) is 5.92 Å². The van der Waals surface area contributed by atoms with Gasteiger partial charge in [-0.25, -0.2) is 4.79 Å². The minimum Gasteiger partial charge on any atom is -0.468 e. The first-order valence-electron chi connectivity index (χ1n) is 7.96. The minimum atomic E-state index is -0.0913. The number of furan rings is 1. The number of urea groups is 1. The van der Waals surface area contributed by atoms with Crippen molar-refractivity contribution in [2.75, 3.05) is 26.2 Å². The lowest BCUT2D eigenvalue weighted by atomic mass is 10.1. The molecule has 0 bridgehead atoms. The first kappa shape index (κ1) is 15.9. The average Bonchev–Trinajstić information content (AvgIpc) is 3.11. The maximum atomic E-state index is 11.8. The van der Waals surface area contributed by atoms with Crippen LogP contribution in [-0.2, 0) is 0 Å². The molecule has 5 nitrogen and oxygen atoms in total. The van der Waals surface area contributed by atoms with E-state index < -0.39 is 0 Å². The summed E-state index contributed by atoms with van der Waals surface area (Å²) in [6.45, 7) is 7.75. The van der Waals surface area contributed by atoms with Crippen molar-refractivity contribution in [3.8, 4) is 0 Å². The molecular formula is C16H27N3O2. The topological polar surface area (TPSA) is 57.5 Å². The fourth-order valence-electron chi connectivity index (χ4n) is 2.67. The van der Waals surface area contributed by atoms with E-state index in [9.17, 15) is 4.79 Å². The van der Waals surface area contributed by atoms with Gasteiger partial charge in [-0.1, -0.05) is 13.8 Å². The molecule has 1 fully saturated rings. The molecule has 5 heteroatoms. The maximum absolute atomic E-state index is 11.8. The molecule has 1 aromatic rings. The van der Waals surface area contributed by atoms with Gasteiger partial charge in [0.1, 0.15) is 5.76 Å². The SMILES string of the molecule is CC(C)CCNC(=O)NCC(c1ccco1)N1CCCC1. The second-order valence-corrected chi connectivity index (χ2v) is 6.09. The molecule has 2 heterocycles. The normalized spacial score (nSPS) is 17.1. The zero-order valence-electron chi connectivity index (χ0n) is 13.1. The monoisotopic (exact) mass is 293 g/mol. The molecular weight excluding hydrogens is 266 g/mol. The number of nitrogens with zero attached hydrogens (tertiary/aromatic N) is 1. The van der Waals surface area contributed by atoms with Crippen LogP contribution in [0.5, 0.6) is 0 Å². The van der Waals surface area contributed by atoms with Gasteiger partial charge >= 0.3 is 6.03 Å². The van der Waals surface area contributed by atoms with Gasteiger partial charge in [-0.15, -0.1) is 0 Å². The molecule has 2 rings (SSSR count). The third-order valence-corrected chi connectivity index (χ3v) is 3.92. The number of hydrogen-bond donors (Lipinski definition) is 2. The molecule has 118 valence electrons. The molecule has 1 saturated heterocycles. The van der Waals surface area contributed by atoms with E-state index in [1.165, 1.54) is 12.8 Å². The Morgan fingerprint density at radius 3 is 2.71 bits per heavy atom. The van der Waals surface area contributed by atoms with Crippen molar-refractivity contribution < 1.29 is 9.21 Å². The van der Waals surface area contributed by atoms with Crippen molar-refractivity contribution in [3.63, 3.8) is 0 Å². The van der Waals surface area contributed by atoms with Crippen LogP contribution in [0, 0.1) is 5.92 Å². The molecule has 0 spiro atoms. The van der Waals surface area contributed by atoms with Crippen LogP contribution >= 0.6 is 0 Å². The van der Waals surface area contributed by atoms with Crippen LogP contribution in [0.1, 0.15) is 44.9 Å². The largest absolute Gasteiger partial charge is 0.468 e. The number of likely N-dealkylation sites (tertiary alicyclic amines) is 1. The molecule has 0 aromatic carbocycles. The third kappa shape index (κ3) is 5.08. The molecule has 1 unspecified atom stereocenters. The van der Waals surface area contributed by atoms with Gasteiger partial charge in [0.2, 0.25) is 0 Å². The van der Waals surface area contributed by atoms with Crippen LogP contribution in [0.3, 0.4) is 0 Å². The van der Waals surface area contributed by atoms with Gasteiger partial charge in [0, 0.05) is 13.1 Å². The predicted octanol–water partition coefficient (Wildman–Crippen LogP) is 2.76. The van der Waals surface area contributed by atoms with Crippen LogP contribution in [0.4, 0.5) is 4.79 Å². The number of nitrogens with one attached hydrogen (secondary N) is 2. The highest BCUT2D eigenvalue weighted by molar-refractivity contribution is 5.73. The van der Waals surface area contributed by atoms with Crippen molar-refractivity contribution in [1.82, 2.24) is 15.5 Å². The van der Waals surface area contributed by atoms with E-state index in [-0.39, 0.29) is 12.1 Å². The number of rotatable bonds is 7. The Morgan fingerprint density at radius 2 is 2.10 bits per heavy atom. The molecule has 1 aliphatic heterocycles. The minimum absolute atomic E-state index is 0.0913. The number of carbonyl (C=O) groups excluding carboxylic acids is 1. The summed E-state index contributed by atoms with van der Waals surface area (Å²) in [4.78, 5) is 14.2. The van der Waals surface area contributed by atoms with Gasteiger partial charge in [0.15, 0.2) is 0 Å². The summed E-state index contributed by atoms with van der Waals surface area (Å²) >= 11 is 0. The standard InChI is InChI=1S/C16H27N3O2/c1-13(2)7-8-17-16(20)18-12-14(15-6-5-11-21-15)19-9-3-4-10-19/h5-6,11,13-14H,3-4,7-10,12H2,1-2H3,(H2,17,18,20). The van der Waals surface area contributed by atoms with E-state index in [1.54, 1.807) is 6.26 Å². The second kappa shape index (κ2) is 8.08. The van der Waals surface area contributed by atoms with E-state index in [4.69, 9.17) is 4.42 Å². The predicted molar refractivity (Wildman–Crippen MR) is 83.1 cm³/mol. The van der Waals surface area contributed by atoms with Crippen molar-refractivity contribution in [2.45, 2.75) is 39.2 Å². The highest BCUT2D eigenvalue weighted by Crippen LogP contribution is 2.24. The summed E-state index contributed by atoms with van der Waals surface area (Å²) in [5.41, 5.74) is 0. The van der Waals surface area contributed by atoms with Crippen molar-refractivity contribution in [1.29, 1.82) is 0 Å². The molecule has 2 amide bonds. The summed E-state index contributed by atoms with van der Waals surface area (Å²) in [5.74, 6) is 1.53.